The summed E-state index contributed by atoms with van der Waals surface area (Å²) in [4.78, 5) is 12.0. The van der Waals surface area contributed by atoms with Gasteiger partial charge in [0.1, 0.15) is 12.3 Å². The van der Waals surface area contributed by atoms with Crippen molar-refractivity contribution in [2.24, 2.45) is 5.16 Å². The van der Waals surface area contributed by atoms with Crippen LogP contribution in [-0.2, 0) is 13.0 Å². The van der Waals surface area contributed by atoms with Crippen LogP contribution in [0, 0.1) is 0 Å². The maximum Gasteiger partial charge on any atom is 0.211 e. The van der Waals surface area contributed by atoms with Gasteiger partial charge < -0.3 is 14.7 Å². The van der Waals surface area contributed by atoms with E-state index in [1.54, 1.807) is 12.1 Å². The number of benzene rings is 2. The van der Waals surface area contributed by atoms with Crippen molar-refractivity contribution in [1.82, 2.24) is 0 Å². The largest absolute Gasteiger partial charge is 0.493 e. The van der Waals surface area contributed by atoms with Crippen molar-refractivity contribution in [1.29, 1.82) is 0 Å². The number of fused-ring (bicyclic) bond motifs is 1. The van der Waals surface area contributed by atoms with Crippen molar-refractivity contribution in [2.75, 3.05) is 7.11 Å². The molecule has 1 aliphatic carbocycles. The highest BCUT2D eigenvalue weighted by Gasteiger charge is 2.29. The minimum atomic E-state index is -0.273. The van der Waals surface area contributed by atoms with Crippen molar-refractivity contribution >= 4 is 11.5 Å². The highest BCUT2D eigenvalue weighted by atomic mass is 16.5. The highest BCUT2D eigenvalue weighted by Crippen LogP contribution is 2.34. The fraction of sp³-hybridized carbons (Fsp3) is 0.176. The maximum absolute atomic E-state index is 12.0. The lowest BCUT2D eigenvalue weighted by atomic mass is 10.1. The van der Waals surface area contributed by atoms with Crippen molar-refractivity contribution in [3.05, 3.63) is 59.2 Å². The van der Waals surface area contributed by atoms with Crippen LogP contribution >= 0.6 is 0 Å². The van der Waals surface area contributed by atoms with Crippen molar-refractivity contribution in [2.45, 2.75) is 13.0 Å². The fourth-order valence-electron chi connectivity index (χ4n) is 2.46. The SMILES string of the molecule is COc1cc2c(cc1OCc1ccccc1)C/C(=N\O)C2=O. The number of carbonyl (C=O) groups is 1. The van der Waals surface area contributed by atoms with E-state index >= 15 is 0 Å². The van der Waals surface area contributed by atoms with Gasteiger partial charge in [-0.05, 0) is 23.3 Å². The second-order valence-electron chi connectivity index (χ2n) is 4.99. The Hall–Kier alpha value is -2.82. The van der Waals surface area contributed by atoms with Crippen LogP contribution in [-0.4, -0.2) is 23.8 Å². The molecular weight excluding hydrogens is 282 g/mol. The average Bonchev–Trinajstić information content (AvgIpc) is 2.88. The van der Waals surface area contributed by atoms with Gasteiger partial charge in [0.2, 0.25) is 5.78 Å². The zero-order chi connectivity index (χ0) is 15.5. The molecule has 0 aromatic heterocycles. The Balaban J connectivity index is 1.88. The van der Waals surface area contributed by atoms with Gasteiger partial charge in [0.15, 0.2) is 11.5 Å². The maximum atomic E-state index is 12.0. The number of nitrogens with zero attached hydrogens (tertiary/aromatic N) is 1. The first-order chi connectivity index (χ1) is 10.7. The number of hydrogen-bond acceptors (Lipinski definition) is 5. The van der Waals surface area contributed by atoms with E-state index < -0.39 is 0 Å². The summed E-state index contributed by atoms with van der Waals surface area (Å²) >= 11 is 0. The molecule has 0 heterocycles. The van der Waals surface area contributed by atoms with Gasteiger partial charge in [-0.2, -0.15) is 0 Å². The lowest BCUT2D eigenvalue weighted by Crippen LogP contribution is -2.07. The van der Waals surface area contributed by atoms with Crippen molar-refractivity contribution < 1.29 is 19.5 Å². The average molecular weight is 297 g/mol. The van der Waals surface area contributed by atoms with Crippen LogP contribution in [0.2, 0.25) is 0 Å². The molecule has 0 unspecified atom stereocenters. The number of hydrogen-bond donors (Lipinski definition) is 1. The summed E-state index contributed by atoms with van der Waals surface area (Å²) in [5.74, 6) is 0.782. The number of methoxy groups -OCH3 is 1. The smallest absolute Gasteiger partial charge is 0.211 e. The molecular formula is C17H15NO4. The molecule has 0 saturated carbocycles. The lowest BCUT2D eigenvalue weighted by molar-refractivity contribution is 0.106. The molecule has 5 heteroatoms. The van der Waals surface area contributed by atoms with Crippen LogP contribution in [0.25, 0.3) is 0 Å². The van der Waals surface area contributed by atoms with Crippen LogP contribution in [0.5, 0.6) is 11.5 Å². The van der Waals surface area contributed by atoms with Crippen LogP contribution in [0.1, 0.15) is 21.5 Å². The van der Waals surface area contributed by atoms with Crippen LogP contribution in [0.4, 0.5) is 0 Å². The fourth-order valence-corrected chi connectivity index (χ4v) is 2.46. The summed E-state index contributed by atoms with van der Waals surface area (Å²) in [6.45, 7) is 0.408. The predicted molar refractivity (Wildman–Crippen MR) is 81.0 cm³/mol. The zero-order valence-electron chi connectivity index (χ0n) is 12.1. The lowest BCUT2D eigenvalue weighted by Gasteiger charge is -2.12. The Morgan fingerprint density at radius 2 is 1.95 bits per heavy atom. The summed E-state index contributed by atoms with van der Waals surface area (Å²) < 4.78 is 11.1. The second-order valence-corrected chi connectivity index (χ2v) is 4.99. The van der Waals surface area contributed by atoms with E-state index in [2.05, 4.69) is 5.16 Å². The molecule has 22 heavy (non-hydrogen) atoms. The third-order valence-electron chi connectivity index (χ3n) is 3.61. The van der Waals surface area contributed by atoms with E-state index in [0.717, 1.165) is 11.1 Å². The van der Waals surface area contributed by atoms with Gasteiger partial charge in [-0.15, -0.1) is 0 Å². The van der Waals surface area contributed by atoms with E-state index in [-0.39, 0.29) is 11.5 Å². The molecule has 112 valence electrons. The standard InChI is InChI=1S/C17H15NO4/c1-21-15-9-13-12(7-14(18-20)17(13)19)8-16(15)22-10-11-5-3-2-4-6-11/h2-6,8-9,20H,7,10H2,1H3/b18-14+. The summed E-state index contributed by atoms with van der Waals surface area (Å²) in [5.41, 5.74) is 2.45. The molecule has 0 saturated heterocycles. The highest BCUT2D eigenvalue weighted by molar-refractivity contribution is 6.49. The minimum absolute atomic E-state index is 0.136. The van der Waals surface area contributed by atoms with Crippen LogP contribution in [0.3, 0.4) is 0 Å². The Morgan fingerprint density at radius 1 is 1.18 bits per heavy atom. The molecule has 0 bridgehead atoms. The van der Waals surface area contributed by atoms with Crippen LogP contribution < -0.4 is 9.47 Å². The Labute approximate surface area is 127 Å². The Morgan fingerprint density at radius 3 is 2.64 bits per heavy atom. The van der Waals surface area contributed by atoms with E-state index in [4.69, 9.17) is 14.7 Å². The van der Waals surface area contributed by atoms with Gasteiger partial charge in [0.05, 0.1) is 7.11 Å². The Bertz CT molecular complexity index is 738. The predicted octanol–water partition coefficient (Wildman–Crippen LogP) is 2.84. The minimum Gasteiger partial charge on any atom is -0.493 e. The molecule has 0 spiro atoms. The third kappa shape index (κ3) is 2.53. The molecule has 2 aromatic carbocycles. The van der Waals surface area contributed by atoms with E-state index in [9.17, 15) is 4.79 Å². The summed E-state index contributed by atoms with van der Waals surface area (Å²) in [6.07, 6.45) is 0.302. The summed E-state index contributed by atoms with van der Waals surface area (Å²) in [5, 5.41) is 11.9. The molecule has 0 radical (unpaired) electrons. The number of ether oxygens (including phenoxy) is 2. The number of carbonyl (C=O) groups excluding carboxylic acids is 1. The van der Waals surface area contributed by atoms with Gasteiger partial charge in [-0.1, -0.05) is 35.5 Å². The van der Waals surface area contributed by atoms with Gasteiger partial charge in [-0.25, -0.2) is 0 Å². The number of rotatable bonds is 4. The zero-order valence-corrected chi connectivity index (χ0v) is 12.1. The summed E-state index contributed by atoms with van der Waals surface area (Å²) in [6, 6.07) is 13.2. The molecule has 2 aromatic rings. The summed E-state index contributed by atoms with van der Waals surface area (Å²) in [7, 11) is 1.53. The molecule has 1 aliphatic rings. The van der Waals surface area contributed by atoms with Gasteiger partial charge in [0.25, 0.3) is 0 Å². The first kappa shape index (κ1) is 14.1. The molecule has 5 nitrogen and oxygen atoms in total. The number of ketones is 1. The monoisotopic (exact) mass is 297 g/mol. The van der Waals surface area contributed by atoms with E-state index in [1.165, 1.54) is 7.11 Å². The number of oxime groups is 1. The molecule has 3 rings (SSSR count). The number of Topliss-reactive ketones (excluding diaryl/α,β-unsaturated/α-hetero) is 1. The molecule has 0 atom stereocenters. The van der Waals surface area contributed by atoms with Crippen molar-refractivity contribution in [3.8, 4) is 11.5 Å². The molecule has 0 aliphatic heterocycles. The second kappa shape index (κ2) is 5.89. The van der Waals surface area contributed by atoms with E-state index in [1.807, 2.05) is 30.3 Å². The quantitative estimate of drug-likeness (QED) is 0.696. The van der Waals surface area contributed by atoms with Crippen molar-refractivity contribution in [3.63, 3.8) is 0 Å². The molecule has 0 fully saturated rings. The van der Waals surface area contributed by atoms with Gasteiger partial charge in [-0.3, -0.25) is 4.79 Å². The topological polar surface area (TPSA) is 68.1 Å². The van der Waals surface area contributed by atoms with Crippen LogP contribution in [0.15, 0.2) is 47.6 Å². The van der Waals surface area contributed by atoms with E-state index in [0.29, 0.717) is 30.1 Å². The normalized spacial score (nSPS) is 15.0. The first-order valence-electron chi connectivity index (χ1n) is 6.86. The van der Waals surface area contributed by atoms with Gasteiger partial charge >= 0.3 is 0 Å². The first-order valence-corrected chi connectivity index (χ1v) is 6.86. The molecule has 0 amide bonds. The third-order valence-corrected chi connectivity index (χ3v) is 3.61. The van der Waals surface area contributed by atoms with Gasteiger partial charge in [0, 0.05) is 12.0 Å². The molecule has 1 N–H and O–H groups in total. The Kier molecular flexibility index (Phi) is 3.78.